The Morgan fingerprint density at radius 3 is 2.70 bits per heavy atom. The van der Waals surface area contributed by atoms with Crippen LogP contribution in [0.3, 0.4) is 0 Å². The number of hydrogen-bond acceptors (Lipinski definition) is 5. The van der Waals surface area contributed by atoms with Gasteiger partial charge in [-0.25, -0.2) is 4.98 Å². The zero-order valence-corrected chi connectivity index (χ0v) is 17.3. The fourth-order valence-electron chi connectivity index (χ4n) is 5.37. The molecule has 2 saturated heterocycles. The van der Waals surface area contributed by atoms with Crippen LogP contribution in [-0.4, -0.2) is 51.4 Å². The van der Waals surface area contributed by atoms with Gasteiger partial charge in [-0.1, -0.05) is 18.6 Å². The number of carbonyl (C=O) groups excluding carboxylic acids is 1. The van der Waals surface area contributed by atoms with Crippen molar-refractivity contribution in [2.24, 2.45) is 5.92 Å². The van der Waals surface area contributed by atoms with E-state index in [9.17, 15) is 9.59 Å². The molecule has 5 heterocycles. The van der Waals surface area contributed by atoms with Crippen molar-refractivity contribution in [1.82, 2.24) is 19.4 Å². The van der Waals surface area contributed by atoms with E-state index in [-0.39, 0.29) is 17.4 Å². The predicted molar refractivity (Wildman–Crippen MR) is 115 cm³/mol. The van der Waals surface area contributed by atoms with Crippen molar-refractivity contribution in [3.63, 3.8) is 0 Å². The molecule has 2 fully saturated rings. The average molecular weight is 408 g/mol. The summed E-state index contributed by atoms with van der Waals surface area (Å²) < 4.78 is 1.98. The lowest BCUT2D eigenvalue weighted by Gasteiger charge is -2.43. The molecule has 2 bridgehead atoms. The minimum Gasteiger partial charge on any atom is -0.384 e. The highest BCUT2D eigenvalue weighted by Gasteiger charge is 2.37. The van der Waals surface area contributed by atoms with Gasteiger partial charge in [0.2, 0.25) is 0 Å². The molecule has 3 aliphatic heterocycles. The van der Waals surface area contributed by atoms with Crippen molar-refractivity contribution in [2.45, 2.75) is 44.7 Å². The molecule has 2 aromatic heterocycles. The lowest BCUT2D eigenvalue weighted by atomic mass is 9.82. The topological polar surface area (TPSA) is 84.5 Å². The molecule has 2 aromatic rings. The third kappa shape index (κ3) is 3.62. The first-order chi connectivity index (χ1) is 14.6. The first-order valence-electron chi connectivity index (χ1n) is 11.1. The number of aromatic nitrogens is 2. The number of rotatable bonds is 3. The zero-order chi connectivity index (χ0) is 20.7. The maximum Gasteiger partial charge on any atom is 0.272 e. The average Bonchev–Trinajstić information content (AvgIpc) is 2.76. The van der Waals surface area contributed by atoms with E-state index in [1.165, 1.54) is 19.3 Å². The van der Waals surface area contributed by atoms with Crippen LogP contribution in [0.5, 0.6) is 0 Å². The molecule has 0 unspecified atom stereocenters. The molecule has 0 spiro atoms. The van der Waals surface area contributed by atoms with Crippen LogP contribution in [0.2, 0.25) is 0 Å². The molecule has 30 heavy (non-hydrogen) atoms. The van der Waals surface area contributed by atoms with Gasteiger partial charge >= 0.3 is 0 Å². The number of anilines is 1. The molecule has 0 aliphatic carbocycles. The second-order valence-corrected chi connectivity index (χ2v) is 8.99. The van der Waals surface area contributed by atoms with Gasteiger partial charge in [-0.15, -0.1) is 0 Å². The second-order valence-electron chi connectivity index (χ2n) is 8.99. The number of nitrogens with two attached hydrogens (primary N) is 1. The molecule has 2 N–H and O–H groups in total. The summed E-state index contributed by atoms with van der Waals surface area (Å²) in [6.07, 6.45) is 4.77. The highest BCUT2D eigenvalue weighted by Crippen LogP contribution is 2.35. The Bertz CT molecular complexity index is 1010. The molecule has 0 saturated carbocycles. The molecule has 5 rings (SSSR count). The quantitative estimate of drug-likeness (QED) is 0.842. The summed E-state index contributed by atoms with van der Waals surface area (Å²) in [7, 11) is 0. The van der Waals surface area contributed by atoms with Gasteiger partial charge in [-0.2, -0.15) is 0 Å². The number of hydrogen-bond donors (Lipinski definition) is 1. The Kier molecular flexibility index (Phi) is 5.06. The number of nitrogens with zero attached hydrogens (tertiary/aromatic N) is 4. The minimum absolute atomic E-state index is 0.0745. The van der Waals surface area contributed by atoms with Gasteiger partial charge in [0.1, 0.15) is 11.5 Å². The number of amides is 1. The Labute approximate surface area is 176 Å². The molecular weight excluding hydrogens is 378 g/mol. The number of pyridine rings is 2. The largest absolute Gasteiger partial charge is 0.384 e. The van der Waals surface area contributed by atoms with Crippen molar-refractivity contribution in [3.8, 4) is 0 Å². The Balaban J connectivity index is 1.37. The molecule has 0 aromatic carbocycles. The fraction of sp³-hybridized carbons (Fsp3) is 0.522. The fourth-order valence-corrected chi connectivity index (χ4v) is 5.37. The summed E-state index contributed by atoms with van der Waals surface area (Å²) >= 11 is 0. The highest BCUT2D eigenvalue weighted by molar-refractivity contribution is 5.92. The Hall–Kier alpha value is -2.67. The van der Waals surface area contributed by atoms with E-state index in [0.717, 1.165) is 37.3 Å². The summed E-state index contributed by atoms with van der Waals surface area (Å²) in [6.45, 7) is 4.89. The molecule has 7 heteroatoms. The van der Waals surface area contributed by atoms with Crippen LogP contribution in [0.1, 0.15) is 53.3 Å². The highest BCUT2D eigenvalue weighted by atomic mass is 16.2. The summed E-state index contributed by atoms with van der Waals surface area (Å²) in [4.78, 5) is 34.7. The zero-order valence-electron chi connectivity index (χ0n) is 17.3. The lowest BCUT2D eigenvalue weighted by Crippen LogP contribution is -2.49. The Morgan fingerprint density at radius 2 is 1.90 bits per heavy atom. The number of nitrogen functional groups attached to an aromatic ring is 1. The first-order valence-corrected chi connectivity index (χ1v) is 11.1. The van der Waals surface area contributed by atoms with Gasteiger partial charge in [0, 0.05) is 43.4 Å². The van der Waals surface area contributed by atoms with Crippen LogP contribution in [0.15, 0.2) is 35.1 Å². The standard InChI is InChI=1S/C23H29N5O2/c24-21-6-4-5-19(25-21)23(30)27-12-16-11-18(15-27)20-8-7-17(22(29)28(20)13-16)14-26-9-2-1-3-10-26/h4-8,16,18H,1-3,9-15H2,(H2,24,25)/t16-,18+/m0/s1. The van der Waals surface area contributed by atoms with Gasteiger partial charge in [0.05, 0.1) is 0 Å². The van der Waals surface area contributed by atoms with E-state index >= 15 is 0 Å². The minimum atomic E-state index is -0.0745. The molecule has 1 amide bonds. The summed E-state index contributed by atoms with van der Waals surface area (Å²) in [5.41, 5.74) is 8.27. The summed E-state index contributed by atoms with van der Waals surface area (Å²) in [5.74, 6) is 0.772. The van der Waals surface area contributed by atoms with Crippen LogP contribution < -0.4 is 11.3 Å². The number of piperidine rings is 2. The van der Waals surface area contributed by atoms with Crippen molar-refractivity contribution in [1.29, 1.82) is 0 Å². The third-order valence-corrected chi connectivity index (χ3v) is 6.80. The van der Waals surface area contributed by atoms with Gasteiger partial charge in [0.25, 0.3) is 11.5 Å². The number of fused-ring (bicyclic) bond motifs is 4. The maximum atomic E-state index is 13.2. The van der Waals surface area contributed by atoms with Crippen molar-refractivity contribution in [3.05, 3.63) is 57.6 Å². The number of carbonyl (C=O) groups is 1. The smallest absolute Gasteiger partial charge is 0.272 e. The molecular formula is C23H29N5O2. The van der Waals surface area contributed by atoms with E-state index in [1.54, 1.807) is 18.2 Å². The van der Waals surface area contributed by atoms with Crippen LogP contribution in [0.4, 0.5) is 5.82 Å². The van der Waals surface area contributed by atoms with Crippen LogP contribution >= 0.6 is 0 Å². The van der Waals surface area contributed by atoms with E-state index in [4.69, 9.17) is 5.73 Å². The van der Waals surface area contributed by atoms with Crippen LogP contribution in [-0.2, 0) is 13.1 Å². The summed E-state index contributed by atoms with van der Waals surface area (Å²) in [5, 5.41) is 0. The van der Waals surface area contributed by atoms with E-state index in [1.807, 2.05) is 15.5 Å². The molecule has 2 atom stereocenters. The number of likely N-dealkylation sites (tertiary alicyclic amines) is 2. The van der Waals surface area contributed by atoms with Gasteiger partial charge in [-0.3, -0.25) is 14.5 Å². The summed E-state index contributed by atoms with van der Waals surface area (Å²) in [6, 6.07) is 9.30. The predicted octanol–water partition coefficient (Wildman–Crippen LogP) is 2.07. The maximum absolute atomic E-state index is 13.2. The monoisotopic (exact) mass is 407 g/mol. The Morgan fingerprint density at radius 1 is 1.07 bits per heavy atom. The molecule has 7 nitrogen and oxygen atoms in total. The first kappa shape index (κ1) is 19.3. The van der Waals surface area contributed by atoms with E-state index in [0.29, 0.717) is 37.1 Å². The molecule has 158 valence electrons. The van der Waals surface area contributed by atoms with Crippen molar-refractivity contribution in [2.75, 3.05) is 31.9 Å². The van der Waals surface area contributed by atoms with Crippen LogP contribution in [0, 0.1) is 5.92 Å². The van der Waals surface area contributed by atoms with Gasteiger partial charge in [-0.05, 0) is 56.5 Å². The van der Waals surface area contributed by atoms with E-state index < -0.39 is 0 Å². The van der Waals surface area contributed by atoms with Gasteiger partial charge in [0.15, 0.2) is 0 Å². The van der Waals surface area contributed by atoms with E-state index in [2.05, 4.69) is 16.0 Å². The lowest BCUT2D eigenvalue weighted by molar-refractivity contribution is 0.0588. The molecule has 0 radical (unpaired) electrons. The van der Waals surface area contributed by atoms with Gasteiger partial charge < -0.3 is 15.2 Å². The van der Waals surface area contributed by atoms with Crippen molar-refractivity contribution < 1.29 is 4.79 Å². The SMILES string of the molecule is Nc1cccc(C(=O)N2C[C@@H]3C[C@H](C2)c2ccc(CN4CCCCC4)c(=O)n2C3)n1. The van der Waals surface area contributed by atoms with Crippen LogP contribution in [0.25, 0.3) is 0 Å². The third-order valence-electron chi connectivity index (χ3n) is 6.80. The normalized spacial score (nSPS) is 23.8. The molecule has 3 aliphatic rings. The van der Waals surface area contributed by atoms with Crippen molar-refractivity contribution >= 4 is 11.7 Å². The second kappa shape index (κ2) is 7.87.